The Morgan fingerprint density at radius 1 is 1.44 bits per heavy atom. The molecule has 1 fully saturated rings. The second kappa shape index (κ2) is 5.11. The molecule has 1 aliphatic rings. The van der Waals surface area contributed by atoms with Crippen LogP contribution in [0.3, 0.4) is 0 Å². The number of hydrogen-bond donors (Lipinski definition) is 1. The Morgan fingerprint density at radius 3 is 2.38 bits per heavy atom. The van der Waals surface area contributed by atoms with Crippen LogP contribution >= 0.6 is 0 Å². The molecule has 0 aromatic heterocycles. The second-order valence-electron chi connectivity index (χ2n) is 4.37. The monoisotopic (exact) mass is 250 g/mol. The molecule has 0 spiro atoms. The van der Waals surface area contributed by atoms with Gasteiger partial charge in [-0.3, -0.25) is 0 Å². The van der Waals surface area contributed by atoms with Gasteiger partial charge in [0.15, 0.2) is 0 Å². The Balaban J connectivity index is 2.60. The van der Waals surface area contributed by atoms with E-state index < -0.39 is 22.2 Å². The minimum absolute atomic E-state index is 0.472. The Hall–Kier alpha value is -0.660. The number of hydrogen-bond acceptors (Lipinski definition) is 4. The molecule has 2 N–H and O–H groups in total. The van der Waals surface area contributed by atoms with Crippen LogP contribution < -0.4 is 9.83 Å². The number of carboxylic acid groups (broad SMARTS) is 1. The second-order valence-corrected chi connectivity index (χ2v) is 6.19. The Kier molecular flexibility index (Phi) is 4.28. The van der Waals surface area contributed by atoms with E-state index in [1.807, 2.05) is 0 Å². The van der Waals surface area contributed by atoms with Crippen molar-refractivity contribution in [1.82, 2.24) is 4.31 Å². The molecule has 0 bridgehead atoms. The average molecular weight is 250 g/mol. The van der Waals surface area contributed by atoms with Gasteiger partial charge in [-0.25, -0.2) is 4.72 Å². The van der Waals surface area contributed by atoms with Gasteiger partial charge in [-0.1, -0.05) is 6.92 Å². The van der Waals surface area contributed by atoms with E-state index in [-0.39, 0.29) is 0 Å². The molecule has 0 amide bonds. The van der Waals surface area contributed by atoms with Crippen molar-refractivity contribution < 1.29 is 23.0 Å². The molecule has 1 atom stereocenters. The quantitative estimate of drug-likeness (QED) is 0.605. The van der Waals surface area contributed by atoms with Crippen molar-refractivity contribution in [1.29, 1.82) is 0 Å². The largest absolute Gasteiger partial charge is 0.544 e. The van der Waals surface area contributed by atoms with E-state index >= 15 is 0 Å². The highest BCUT2D eigenvalue weighted by Gasteiger charge is 2.30. The molecule has 1 saturated heterocycles. The summed E-state index contributed by atoms with van der Waals surface area (Å²) in [6, 6.07) is -1.08. The summed E-state index contributed by atoms with van der Waals surface area (Å²) in [5.41, 5.74) is 0. The summed E-state index contributed by atoms with van der Waals surface area (Å²) < 4.78 is 25.8. The molecular formula is C9H18N2O4S. The first-order chi connectivity index (χ1) is 7.33. The molecule has 0 saturated carbocycles. The van der Waals surface area contributed by atoms with Crippen LogP contribution in [0.4, 0.5) is 0 Å². The summed E-state index contributed by atoms with van der Waals surface area (Å²) in [6.07, 6.45) is 1.65. The van der Waals surface area contributed by atoms with Crippen LogP contribution in [0, 0.1) is 5.92 Å². The minimum Gasteiger partial charge on any atom is -0.544 e. The third kappa shape index (κ3) is 3.43. The molecule has 1 aliphatic heterocycles. The van der Waals surface area contributed by atoms with E-state index in [2.05, 4.69) is 6.92 Å². The van der Waals surface area contributed by atoms with Crippen molar-refractivity contribution in [3.8, 4) is 0 Å². The van der Waals surface area contributed by atoms with Gasteiger partial charge in [-0.15, -0.1) is 0 Å². The van der Waals surface area contributed by atoms with Crippen molar-refractivity contribution in [2.24, 2.45) is 5.92 Å². The van der Waals surface area contributed by atoms with Crippen molar-refractivity contribution >= 4 is 16.2 Å². The number of aliphatic carboxylic acids is 1. The Labute approximate surface area is 95.8 Å². The van der Waals surface area contributed by atoms with Crippen LogP contribution in [0.1, 0.15) is 26.7 Å². The number of rotatable bonds is 4. The van der Waals surface area contributed by atoms with Crippen LogP contribution in [0.15, 0.2) is 0 Å². The SMILES string of the molecule is CC1CCN(S(=O)(=O)[NH2+][C@H](C)C(=O)[O-])CC1. The highest BCUT2D eigenvalue weighted by atomic mass is 32.2. The highest BCUT2D eigenvalue weighted by Crippen LogP contribution is 2.16. The average Bonchev–Trinajstić information content (AvgIpc) is 2.17. The molecule has 16 heavy (non-hydrogen) atoms. The van der Waals surface area contributed by atoms with Crippen LogP contribution in [0.2, 0.25) is 0 Å². The molecule has 0 aromatic rings. The van der Waals surface area contributed by atoms with Crippen molar-refractivity contribution in [2.75, 3.05) is 13.1 Å². The first-order valence-corrected chi connectivity index (χ1v) is 6.89. The molecular weight excluding hydrogens is 232 g/mol. The summed E-state index contributed by atoms with van der Waals surface area (Å²) in [4.78, 5) is 10.5. The van der Waals surface area contributed by atoms with Gasteiger partial charge in [0.2, 0.25) is 0 Å². The van der Waals surface area contributed by atoms with Crippen LogP contribution in [0.5, 0.6) is 0 Å². The lowest BCUT2D eigenvalue weighted by Crippen LogP contribution is -2.97. The number of quaternary nitrogens is 1. The summed E-state index contributed by atoms with van der Waals surface area (Å²) >= 11 is 0. The van der Waals surface area contributed by atoms with Gasteiger partial charge in [0.25, 0.3) is 0 Å². The fraction of sp³-hybridized carbons (Fsp3) is 0.889. The van der Waals surface area contributed by atoms with Crippen molar-refractivity contribution in [3.63, 3.8) is 0 Å². The standard InChI is InChI=1S/C9H18N2O4S/c1-7-3-5-11(6-4-7)16(14,15)10-8(2)9(12)13/h7-8,10H,3-6H2,1-2H3,(H,12,13)/t8-/m1/s1. The maximum absolute atomic E-state index is 11.8. The molecule has 0 aliphatic carbocycles. The maximum atomic E-state index is 11.8. The van der Waals surface area contributed by atoms with Gasteiger partial charge in [-0.2, -0.15) is 12.7 Å². The predicted octanol–water partition coefficient (Wildman–Crippen LogP) is -2.34. The lowest BCUT2D eigenvalue weighted by molar-refractivity contribution is -0.540. The Morgan fingerprint density at radius 2 is 1.94 bits per heavy atom. The van der Waals surface area contributed by atoms with Crippen LogP contribution in [-0.4, -0.2) is 37.8 Å². The summed E-state index contributed by atoms with van der Waals surface area (Å²) in [5.74, 6) is -0.834. The lowest BCUT2D eigenvalue weighted by Gasteiger charge is -2.28. The molecule has 7 heteroatoms. The van der Waals surface area contributed by atoms with Crippen LogP contribution in [-0.2, 0) is 15.0 Å². The molecule has 94 valence electrons. The fourth-order valence-electron chi connectivity index (χ4n) is 1.64. The zero-order valence-corrected chi connectivity index (χ0v) is 10.4. The zero-order chi connectivity index (χ0) is 12.3. The normalized spacial score (nSPS) is 21.9. The van der Waals surface area contributed by atoms with Gasteiger partial charge >= 0.3 is 10.2 Å². The minimum atomic E-state index is -3.56. The topological polar surface area (TPSA) is 94.1 Å². The van der Waals surface area contributed by atoms with Crippen molar-refractivity contribution in [2.45, 2.75) is 32.7 Å². The molecule has 1 rings (SSSR count). The number of carbonyl (C=O) groups excluding carboxylic acids is 1. The van der Waals surface area contributed by atoms with Gasteiger partial charge in [0, 0.05) is 13.1 Å². The molecule has 1 heterocycles. The molecule has 0 aromatic carbocycles. The van der Waals surface area contributed by atoms with E-state index in [9.17, 15) is 18.3 Å². The molecule has 0 unspecified atom stereocenters. The first kappa shape index (κ1) is 13.4. The van der Waals surface area contributed by atoms with Gasteiger partial charge in [0.05, 0.1) is 0 Å². The summed E-state index contributed by atoms with van der Waals surface area (Å²) in [7, 11) is -3.56. The molecule has 0 radical (unpaired) electrons. The smallest absolute Gasteiger partial charge is 0.369 e. The zero-order valence-electron chi connectivity index (χ0n) is 9.55. The van der Waals surface area contributed by atoms with E-state index in [1.54, 1.807) is 0 Å². The fourth-order valence-corrected chi connectivity index (χ4v) is 3.16. The number of carboxylic acids is 1. The molecule has 6 nitrogen and oxygen atoms in total. The van der Waals surface area contributed by atoms with Crippen molar-refractivity contribution in [3.05, 3.63) is 0 Å². The number of nitrogens with two attached hydrogens (primary N) is 1. The third-order valence-corrected chi connectivity index (χ3v) is 4.69. The van der Waals surface area contributed by atoms with E-state index in [4.69, 9.17) is 0 Å². The lowest BCUT2D eigenvalue weighted by atomic mass is 10.0. The predicted molar refractivity (Wildman–Crippen MR) is 55.3 cm³/mol. The summed E-state index contributed by atoms with van der Waals surface area (Å²) in [5, 5.41) is 10.5. The number of nitrogens with zero attached hydrogens (tertiary/aromatic N) is 1. The number of piperidine rings is 1. The first-order valence-electron chi connectivity index (χ1n) is 5.39. The van der Waals surface area contributed by atoms with Gasteiger partial charge in [-0.05, 0) is 25.7 Å². The summed E-state index contributed by atoms with van der Waals surface area (Å²) in [6.45, 7) is 4.33. The van der Waals surface area contributed by atoms with E-state index in [1.165, 1.54) is 11.2 Å². The maximum Gasteiger partial charge on any atom is 0.369 e. The van der Waals surface area contributed by atoms with E-state index in [0.717, 1.165) is 17.6 Å². The van der Waals surface area contributed by atoms with Gasteiger partial charge < -0.3 is 9.90 Å². The van der Waals surface area contributed by atoms with Crippen LogP contribution in [0.25, 0.3) is 0 Å². The van der Waals surface area contributed by atoms with Gasteiger partial charge in [0.1, 0.15) is 12.0 Å². The highest BCUT2D eigenvalue weighted by molar-refractivity contribution is 7.82. The Bertz CT molecular complexity index is 347. The number of carbonyl (C=O) groups is 1. The van der Waals surface area contributed by atoms with E-state index in [0.29, 0.717) is 19.0 Å². The third-order valence-electron chi connectivity index (χ3n) is 2.85.